The number of aryl methyl sites for hydroxylation is 2. The number of nitro groups is 1. The minimum atomic E-state index is -1.28. The Kier molecular flexibility index (Phi) is 3.89. The molecule has 0 aliphatic carbocycles. The maximum Gasteiger partial charge on any atom is 0.339 e. The number of ether oxygens (including phenoxy) is 1. The van der Waals surface area contributed by atoms with E-state index < -0.39 is 10.9 Å². The number of rotatable bonds is 4. The van der Waals surface area contributed by atoms with E-state index in [2.05, 4.69) is 0 Å². The van der Waals surface area contributed by atoms with Crippen molar-refractivity contribution in [1.29, 1.82) is 0 Å². The molecule has 0 unspecified atom stereocenters. The van der Waals surface area contributed by atoms with Gasteiger partial charge in [-0.25, -0.2) is 4.79 Å². The van der Waals surface area contributed by atoms with Crippen molar-refractivity contribution in [2.75, 3.05) is 0 Å². The molecule has 6 heteroatoms. The van der Waals surface area contributed by atoms with Gasteiger partial charge in [-0.15, -0.1) is 0 Å². The highest BCUT2D eigenvalue weighted by Gasteiger charge is 2.17. The second kappa shape index (κ2) is 5.62. The number of carbonyl (C=O) groups is 1. The Morgan fingerprint density at radius 1 is 1.14 bits per heavy atom. The molecule has 0 aliphatic rings. The molecule has 0 radical (unpaired) electrons. The molecule has 0 saturated carbocycles. The van der Waals surface area contributed by atoms with Crippen LogP contribution in [0.2, 0.25) is 0 Å². The van der Waals surface area contributed by atoms with Gasteiger partial charge in [0.2, 0.25) is 0 Å². The third-order valence-electron chi connectivity index (χ3n) is 3.11. The summed E-state index contributed by atoms with van der Waals surface area (Å²) in [6.07, 6.45) is 0. The van der Waals surface area contributed by atoms with Crippen LogP contribution in [0, 0.1) is 24.0 Å². The Morgan fingerprint density at radius 2 is 1.86 bits per heavy atom. The van der Waals surface area contributed by atoms with Gasteiger partial charge in [0.05, 0.1) is 4.92 Å². The second-order valence-electron chi connectivity index (χ2n) is 4.59. The van der Waals surface area contributed by atoms with Gasteiger partial charge in [0.25, 0.3) is 5.69 Å². The molecule has 0 fully saturated rings. The SMILES string of the molecule is Cc1ccc(Oc2ccc([N+](=O)[O-])cc2C(=O)O)cc1C. The van der Waals surface area contributed by atoms with Crippen LogP contribution in [0.1, 0.15) is 21.5 Å². The number of nitro benzene ring substituents is 1. The van der Waals surface area contributed by atoms with E-state index in [9.17, 15) is 14.9 Å². The van der Waals surface area contributed by atoms with Crippen molar-refractivity contribution in [1.82, 2.24) is 0 Å². The summed E-state index contributed by atoms with van der Waals surface area (Å²) in [5.41, 5.74) is 1.55. The molecule has 2 aromatic rings. The first-order valence-corrected chi connectivity index (χ1v) is 6.15. The smallest absolute Gasteiger partial charge is 0.339 e. The summed E-state index contributed by atoms with van der Waals surface area (Å²) in [4.78, 5) is 21.3. The Bertz CT molecular complexity index is 724. The van der Waals surface area contributed by atoms with E-state index in [1.54, 1.807) is 12.1 Å². The fourth-order valence-electron chi connectivity index (χ4n) is 1.79. The molecule has 2 rings (SSSR count). The minimum absolute atomic E-state index is 0.0661. The fourth-order valence-corrected chi connectivity index (χ4v) is 1.79. The van der Waals surface area contributed by atoms with Crippen LogP contribution in [-0.4, -0.2) is 16.0 Å². The van der Waals surface area contributed by atoms with Crippen LogP contribution in [0.25, 0.3) is 0 Å². The van der Waals surface area contributed by atoms with Gasteiger partial charge < -0.3 is 9.84 Å². The van der Waals surface area contributed by atoms with Crippen LogP contribution in [0.15, 0.2) is 36.4 Å². The number of benzene rings is 2. The number of hydrogen-bond acceptors (Lipinski definition) is 4. The zero-order chi connectivity index (χ0) is 15.6. The normalized spacial score (nSPS) is 10.2. The number of carboxylic acid groups (broad SMARTS) is 1. The lowest BCUT2D eigenvalue weighted by molar-refractivity contribution is -0.384. The molecule has 1 N–H and O–H groups in total. The van der Waals surface area contributed by atoms with E-state index in [1.807, 2.05) is 19.9 Å². The Morgan fingerprint density at radius 3 is 2.43 bits per heavy atom. The van der Waals surface area contributed by atoms with Gasteiger partial charge >= 0.3 is 5.97 Å². The maximum atomic E-state index is 11.2. The van der Waals surface area contributed by atoms with Crippen molar-refractivity contribution in [3.05, 3.63) is 63.2 Å². The third-order valence-corrected chi connectivity index (χ3v) is 3.11. The highest BCUT2D eigenvalue weighted by atomic mass is 16.6. The number of aromatic carboxylic acids is 1. The zero-order valence-electron chi connectivity index (χ0n) is 11.5. The summed E-state index contributed by atoms with van der Waals surface area (Å²) in [6, 6.07) is 8.84. The summed E-state index contributed by atoms with van der Waals surface area (Å²) >= 11 is 0. The van der Waals surface area contributed by atoms with Gasteiger partial charge in [0, 0.05) is 12.1 Å². The largest absolute Gasteiger partial charge is 0.478 e. The van der Waals surface area contributed by atoms with Crippen molar-refractivity contribution in [3.8, 4) is 11.5 Å². The molecular weight excluding hydrogens is 274 g/mol. The third kappa shape index (κ3) is 3.17. The van der Waals surface area contributed by atoms with Crippen LogP contribution in [0.5, 0.6) is 11.5 Å². The van der Waals surface area contributed by atoms with Gasteiger partial charge in [-0.05, 0) is 43.2 Å². The van der Waals surface area contributed by atoms with E-state index in [-0.39, 0.29) is 17.0 Å². The van der Waals surface area contributed by atoms with Gasteiger partial charge in [-0.2, -0.15) is 0 Å². The predicted octanol–water partition coefficient (Wildman–Crippen LogP) is 3.70. The molecule has 0 amide bonds. The molecule has 6 nitrogen and oxygen atoms in total. The summed E-state index contributed by atoms with van der Waals surface area (Å²) in [7, 11) is 0. The number of carboxylic acids is 1. The maximum absolute atomic E-state index is 11.2. The molecule has 108 valence electrons. The average Bonchev–Trinajstić information content (AvgIpc) is 2.43. The minimum Gasteiger partial charge on any atom is -0.478 e. The first-order chi connectivity index (χ1) is 9.88. The molecule has 21 heavy (non-hydrogen) atoms. The Hall–Kier alpha value is -2.89. The molecule has 0 saturated heterocycles. The van der Waals surface area contributed by atoms with Crippen molar-refractivity contribution in [3.63, 3.8) is 0 Å². The highest BCUT2D eigenvalue weighted by Crippen LogP contribution is 2.29. The second-order valence-corrected chi connectivity index (χ2v) is 4.59. The van der Waals surface area contributed by atoms with E-state index in [0.29, 0.717) is 5.75 Å². The van der Waals surface area contributed by atoms with Gasteiger partial charge in [0.15, 0.2) is 0 Å². The van der Waals surface area contributed by atoms with E-state index >= 15 is 0 Å². The van der Waals surface area contributed by atoms with Gasteiger partial charge in [-0.3, -0.25) is 10.1 Å². The molecular formula is C15H13NO5. The van der Waals surface area contributed by atoms with Crippen molar-refractivity contribution in [2.45, 2.75) is 13.8 Å². The number of nitrogens with zero attached hydrogens (tertiary/aromatic N) is 1. The van der Waals surface area contributed by atoms with E-state index in [4.69, 9.17) is 9.84 Å². The lowest BCUT2D eigenvalue weighted by Crippen LogP contribution is -2.01. The first kappa shape index (κ1) is 14.5. The molecule has 0 aromatic heterocycles. The van der Waals surface area contributed by atoms with Crippen LogP contribution >= 0.6 is 0 Å². The zero-order valence-corrected chi connectivity index (χ0v) is 11.5. The Balaban J connectivity index is 2.41. The van der Waals surface area contributed by atoms with Gasteiger partial charge in [0.1, 0.15) is 17.1 Å². The predicted molar refractivity (Wildman–Crippen MR) is 76.0 cm³/mol. The average molecular weight is 287 g/mol. The quantitative estimate of drug-likeness (QED) is 0.684. The molecule has 0 aliphatic heterocycles. The van der Waals surface area contributed by atoms with Crippen LogP contribution in [-0.2, 0) is 0 Å². The monoisotopic (exact) mass is 287 g/mol. The lowest BCUT2D eigenvalue weighted by Gasteiger charge is -2.10. The summed E-state index contributed by atoms with van der Waals surface area (Å²) < 4.78 is 5.54. The summed E-state index contributed by atoms with van der Waals surface area (Å²) in [5.74, 6) is -0.733. The first-order valence-electron chi connectivity index (χ1n) is 6.15. The fraction of sp³-hybridized carbons (Fsp3) is 0.133. The van der Waals surface area contributed by atoms with E-state index in [1.165, 1.54) is 12.1 Å². The Labute approximate surface area is 120 Å². The molecule has 0 heterocycles. The standard InChI is InChI=1S/C15H13NO5/c1-9-3-5-12(7-10(9)2)21-14-6-4-11(16(19)20)8-13(14)15(17)18/h3-8H,1-2H3,(H,17,18). The molecule has 0 bridgehead atoms. The van der Waals surface area contributed by atoms with Gasteiger partial charge in [-0.1, -0.05) is 6.07 Å². The van der Waals surface area contributed by atoms with Crippen molar-refractivity contribution < 1.29 is 19.6 Å². The van der Waals surface area contributed by atoms with Crippen molar-refractivity contribution >= 4 is 11.7 Å². The highest BCUT2D eigenvalue weighted by molar-refractivity contribution is 5.91. The molecule has 0 atom stereocenters. The topological polar surface area (TPSA) is 89.7 Å². The lowest BCUT2D eigenvalue weighted by atomic mass is 10.1. The summed E-state index contributed by atoms with van der Waals surface area (Å²) in [6.45, 7) is 3.86. The number of hydrogen-bond donors (Lipinski definition) is 1. The number of non-ortho nitro benzene ring substituents is 1. The molecule has 2 aromatic carbocycles. The van der Waals surface area contributed by atoms with E-state index in [0.717, 1.165) is 17.2 Å². The van der Waals surface area contributed by atoms with Crippen LogP contribution < -0.4 is 4.74 Å². The molecule has 0 spiro atoms. The summed E-state index contributed by atoms with van der Waals surface area (Å²) in [5, 5.41) is 19.8. The van der Waals surface area contributed by atoms with Crippen LogP contribution in [0.3, 0.4) is 0 Å². The van der Waals surface area contributed by atoms with Crippen molar-refractivity contribution in [2.24, 2.45) is 0 Å². The van der Waals surface area contributed by atoms with Crippen LogP contribution in [0.4, 0.5) is 5.69 Å².